The zero-order chi connectivity index (χ0) is 23.8. The molecule has 1 amide bonds. The van der Waals surface area contributed by atoms with E-state index in [0.717, 1.165) is 22.9 Å². The Balaban J connectivity index is 1.55. The van der Waals surface area contributed by atoms with E-state index in [1.807, 2.05) is 0 Å². The third-order valence-corrected chi connectivity index (χ3v) is 5.23. The molecule has 0 spiro atoms. The number of halogens is 4. The number of hydrogen-bond acceptors (Lipinski definition) is 4. The Morgan fingerprint density at radius 2 is 1.91 bits per heavy atom. The molecule has 0 aliphatic heterocycles. The average Bonchev–Trinajstić information content (AvgIpc) is 3.12. The maximum atomic E-state index is 13.1. The van der Waals surface area contributed by atoms with E-state index >= 15 is 0 Å². The number of benzene rings is 2. The molecular weight excluding hydrogens is 459 g/mol. The van der Waals surface area contributed by atoms with Crippen molar-refractivity contribution < 1.29 is 18.0 Å². The first-order chi connectivity index (χ1) is 15.6. The Bertz CT molecular complexity index is 1410. The summed E-state index contributed by atoms with van der Waals surface area (Å²) >= 11 is 6.12. The van der Waals surface area contributed by atoms with E-state index in [9.17, 15) is 22.8 Å². The molecule has 11 heteroatoms. The van der Waals surface area contributed by atoms with Crippen LogP contribution in [-0.4, -0.2) is 25.2 Å². The van der Waals surface area contributed by atoms with Crippen LogP contribution in [0, 0.1) is 6.92 Å². The van der Waals surface area contributed by atoms with Gasteiger partial charge in [0.2, 0.25) is 5.91 Å². The molecule has 1 N–H and O–H groups in total. The Hall–Kier alpha value is -3.66. The van der Waals surface area contributed by atoms with Gasteiger partial charge in [-0.05, 0) is 37.3 Å². The molecule has 0 aliphatic carbocycles. The van der Waals surface area contributed by atoms with Gasteiger partial charge in [-0.25, -0.2) is 9.67 Å². The molecule has 0 unspecified atom stereocenters. The highest BCUT2D eigenvalue weighted by Gasteiger charge is 2.31. The number of anilines is 1. The number of alkyl halides is 3. The number of nitrogens with one attached hydrogen (secondary N) is 1. The molecule has 4 rings (SSSR count). The van der Waals surface area contributed by atoms with E-state index in [1.54, 1.807) is 31.2 Å². The lowest BCUT2D eigenvalue weighted by Gasteiger charge is -2.13. The number of carbonyl (C=O) groups excluding carboxylic acids is 1. The minimum absolute atomic E-state index is 0.0233. The quantitative estimate of drug-likeness (QED) is 0.457. The molecule has 2 heterocycles. The molecule has 2 aromatic heterocycles. The summed E-state index contributed by atoms with van der Waals surface area (Å²) in [6, 6.07) is 11.2. The molecule has 4 aromatic rings. The van der Waals surface area contributed by atoms with E-state index in [0.29, 0.717) is 16.6 Å². The summed E-state index contributed by atoms with van der Waals surface area (Å²) in [5, 5.41) is 7.27. The molecule has 2 aromatic carbocycles. The summed E-state index contributed by atoms with van der Waals surface area (Å²) in [4.78, 5) is 29.3. The number of nitrogens with zero attached hydrogens (tertiary/aromatic N) is 4. The fraction of sp³-hybridized carbons (Fsp3) is 0.182. The van der Waals surface area contributed by atoms with Crippen molar-refractivity contribution in [2.45, 2.75) is 26.1 Å². The monoisotopic (exact) mass is 475 g/mol. The standard InChI is InChI=1S/C22H17ClF3N5O2/c1-13-10-19(31(29-13)18-11-14(22(24,25)26)6-7-16(18)23)28-20(32)8-9-30-12-27-17-5-3-2-4-15(17)21(30)33/h2-7,10-12H,8-9H2,1H3,(H,28,32). The first-order valence-electron chi connectivity index (χ1n) is 9.81. The second-order valence-corrected chi connectivity index (χ2v) is 7.71. The van der Waals surface area contributed by atoms with E-state index < -0.39 is 17.6 Å². The van der Waals surface area contributed by atoms with Crippen molar-refractivity contribution in [2.24, 2.45) is 0 Å². The van der Waals surface area contributed by atoms with Gasteiger partial charge in [-0.3, -0.25) is 14.2 Å². The number of rotatable bonds is 5. The first-order valence-corrected chi connectivity index (χ1v) is 10.2. The topological polar surface area (TPSA) is 81.8 Å². The summed E-state index contributed by atoms with van der Waals surface area (Å²) in [7, 11) is 0. The number of fused-ring (bicyclic) bond motifs is 1. The Kier molecular flexibility index (Phi) is 5.94. The molecular formula is C22H17ClF3N5O2. The number of aryl methyl sites for hydroxylation is 2. The van der Waals surface area contributed by atoms with E-state index in [-0.39, 0.29) is 35.1 Å². The third kappa shape index (κ3) is 4.75. The zero-order valence-electron chi connectivity index (χ0n) is 17.2. The van der Waals surface area contributed by atoms with Crippen LogP contribution in [-0.2, 0) is 17.5 Å². The van der Waals surface area contributed by atoms with E-state index in [4.69, 9.17) is 11.6 Å². The number of aromatic nitrogens is 4. The van der Waals surface area contributed by atoms with Crippen molar-refractivity contribution >= 4 is 34.2 Å². The Labute approximate surface area is 190 Å². The van der Waals surface area contributed by atoms with Crippen molar-refractivity contribution in [1.29, 1.82) is 0 Å². The summed E-state index contributed by atoms with van der Waals surface area (Å²) in [6.07, 6.45) is -3.26. The van der Waals surface area contributed by atoms with Crippen LogP contribution in [0.3, 0.4) is 0 Å². The molecule has 0 bridgehead atoms. The van der Waals surface area contributed by atoms with Crippen molar-refractivity contribution in [2.75, 3.05) is 5.32 Å². The smallest absolute Gasteiger partial charge is 0.311 e. The van der Waals surface area contributed by atoms with Gasteiger partial charge in [0.05, 0.1) is 39.2 Å². The minimum atomic E-state index is -4.56. The average molecular weight is 476 g/mol. The van der Waals surface area contributed by atoms with Gasteiger partial charge in [0.1, 0.15) is 5.82 Å². The molecule has 0 fully saturated rings. The summed E-state index contributed by atoms with van der Waals surface area (Å²) in [5.74, 6) is -0.304. The van der Waals surface area contributed by atoms with Crippen molar-refractivity contribution in [1.82, 2.24) is 19.3 Å². The van der Waals surface area contributed by atoms with Gasteiger partial charge in [-0.2, -0.15) is 18.3 Å². The highest BCUT2D eigenvalue weighted by Crippen LogP contribution is 2.34. The van der Waals surface area contributed by atoms with Crippen LogP contribution in [0.25, 0.3) is 16.6 Å². The number of para-hydroxylation sites is 1. The van der Waals surface area contributed by atoms with Gasteiger partial charge in [0.25, 0.3) is 5.56 Å². The molecule has 0 atom stereocenters. The van der Waals surface area contributed by atoms with Gasteiger partial charge >= 0.3 is 6.18 Å². The van der Waals surface area contributed by atoms with Gasteiger partial charge in [-0.1, -0.05) is 23.7 Å². The lowest BCUT2D eigenvalue weighted by molar-refractivity contribution is -0.137. The predicted molar refractivity (Wildman–Crippen MR) is 118 cm³/mol. The third-order valence-electron chi connectivity index (χ3n) is 4.91. The molecule has 0 saturated carbocycles. The zero-order valence-corrected chi connectivity index (χ0v) is 18.0. The highest BCUT2D eigenvalue weighted by atomic mass is 35.5. The molecule has 170 valence electrons. The second-order valence-electron chi connectivity index (χ2n) is 7.31. The van der Waals surface area contributed by atoms with Crippen LogP contribution in [0.1, 0.15) is 17.7 Å². The number of amides is 1. The number of carbonyl (C=O) groups is 1. The van der Waals surface area contributed by atoms with Gasteiger partial charge < -0.3 is 5.32 Å². The maximum absolute atomic E-state index is 13.1. The van der Waals surface area contributed by atoms with E-state index in [1.165, 1.54) is 17.0 Å². The molecule has 0 radical (unpaired) electrons. The fourth-order valence-corrected chi connectivity index (χ4v) is 3.51. The van der Waals surface area contributed by atoms with Crippen LogP contribution in [0.15, 0.2) is 59.7 Å². The van der Waals surface area contributed by atoms with Crippen LogP contribution >= 0.6 is 11.6 Å². The maximum Gasteiger partial charge on any atom is 0.416 e. The lowest BCUT2D eigenvalue weighted by Crippen LogP contribution is -2.24. The Morgan fingerprint density at radius 1 is 1.15 bits per heavy atom. The Morgan fingerprint density at radius 3 is 2.67 bits per heavy atom. The summed E-state index contributed by atoms with van der Waals surface area (Å²) < 4.78 is 41.9. The van der Waals surface area contributed by atoms with Crippen LogP contribution in [0.2, 0.25) is 5.02 Å². The molecule has 0 aliphatic rings. The van der Waals surface area contributed by atoms with E-state index in [2.05, 4.69) is 15.4 Å². The largest absolute Gasteiger partial charge is 0.416 e. The molecule has 0 saturated heterocycles. The second kappa shape index (κ2) is 8.70. The SMILES string of the molecule is Cc1cc(NC(=O)CCn2cnc3ccccc3c2=O)n(-c2cc(C(F)(F)F)ccc2Cl)n1. The number of hydrogen-bond donors (Lipinski definition) is 1. The minimum Gasteiger partial charge on any atom is -0.311 e. The van der Waals surface area contributed by atoms with Gasteiger partial charge in [-0.15, -0.1) is 0 Å². The van der Waals surface area contributed by atoms with Gasteiger partial charge in [0, 0.05) is 19.0 Å². The van der Waals surface area contributed by atoms with Crippen molar-refractivity contribution in [3.63, 3.8) is 0 Å². The summed E-state index contributed by atoms with van der Waals surface area (Å²) in [6.45, 7) is 1.70. The van der Waals surface area contributed by atoms with Crippen molar-refractivity contribution in [3.05, 3.63) is 81.5 Å². The van der Waals surface area contributed by atoms with Crippen molar-refractivity contribution in [3.8, 4) is 5.69 Å². The normalized spacial score (nSPS) is 11.7. The predicted octanol–water partition coefficient (Wildman–Crippen LogP) is 4.59. The lowest BCUT2D eigenvalue weighted by atomic mass is 10.2. The molecule has 7 nitrogen and oxygen atoms in total. The van der Waals surface area contributed by atoms with Gasteiger partial charge in [0.15, 0.2) is 0 Å². The fourth-order valence-electron chi connectivity index (χ4n) is 3.32. The van der Waals surface area contributed by atoms with Crippen LogP contribution in [0.4, 0.5) is 19.0 Å². The van der Waals surface area contributed by atoms with Crippen LogP contribution < -0.4 is 10.9 Å². The molecule has 33 heavy (non-hydrogen) atoms. The van der Waals surface area contributed by atoms with Crippen LogP contribution in [0.5, 0.6) is 0 Å². The first kappa shape index (κ1) is 22.5. The highest BCUT2D eigenvalue weighted by molar-refractivity contribution is 6.32. The summed E-state index contributed by atoms with van der Waals surface area (Å²) in [5.41, 5.74) is -0.167.